The zero-order chi connectivity index (χ0) is 15.4. The Morgan fingerprint density at radius 3 is 2.43 bits per heavy atom. The number of halogens is 2. The number of hydrogen-bond donors (Lipinski definition) is 1. The Kier molecular flexibility index (Phi) is 5.61. The molecule has 0 aliphatic carbocycles. The van der Waals surface area contributed by atoms with Crippen molar-refractivity contribution in [1.29, 1.82) is 0 Å². The van der Waals surface area contributed by atoms with Gasteiger partial charge in [-0.3, -0.25) is 4.98 Å². The molecule has 1 atom stereocenters. The molecule has 2 rings (SSSR count). The van der Waals surface area contributed by atoms with Gasteiger partial charge in [-0.15, -0.1) is 0 Å². The molecule has 1 heterocycles. The average molecular weight is 417 g/mol. The fourth-order valence-electron chi connectivity index (χ4n) is 1.73. The second-order valence-corrected chi connectivity index (χ2v) is 6.07. The first-order valence-electron chi connectivity index (χ1n) is 6.40. The Morgan fingerprint density at radius 1 is 1.19 bits per heavy atom. The van der Waals surface area contributed by atoms with E-state index in [4.69, 9.17) is 9.47 Å². The first-order chi connectivity index (χ1) is 10.0. The molecule has 2 aromatic rings. The van der Waals surface area contributed by atoms with Crippen LogP contribution in [-0.4, -0.2) is 17.2 Å². The second-order valence-electron chi connectivity index (χ2n) is 4.36. The predicted molar refractivity (Wildman–Crippen MR) is 88.0 cm³/mol. The van der Waals surface area contributed by atoms with Crippen molar-refractivity contribution >= 4 is 31.9 Å². The van der Waals surface area contributed by atoms with E-state index in [0.717, 1.165) is 8.95 Å². The molecule has 0 aliphatic heterocycles. The molecule has 0 fully saturated rings. The summed E-state index contributed by atoms with van der Waals surface area (Å²) in [7, 11) is 1.61. The molecule has 1 aromatic carbocycles. The van der Waals surface area contributed by atoms with Crippen LogP contribution in [0, 0.1) is 0 Å². The Hall–Kier alpha value is -1.11. The minimum absolute atomic E-state index is 0.541. The fraction of sp³-hybridized carbons (Fsp3) is 0.267. The van der Waals surface area contributed by atoms with Crippen LogP contribution in [0.4, 0.5) is 0 Å². The van der Waals surface area contributed by atoms with Gasteiger partial charge in [-0.05, 0) is 62.5 Å². The van der Waals surface area contributed by atoms with E-state index in [1.165, 1.54) is 0 Å². The molecular weight excluding hydrogens is 402 g/mol. The summed E-state index contributed by atoms with van der Waals surface area (Å²) in [6.45, 7) is 1.91. The van der Waals surface area contributed by atoms with Crippen molar-refractivity contribution in [3.8, 4) is 17.2 Å². The first-order valence-corrected chi connectivity index (χ1v) is 7.98. The van der Waals surface area contributed by atoms with Crippen molar-refractivity contribution in [2.75, 3.05) is 7.11 Å². The van der Waals surface area contributed by atoms with Crippen LogP contribution in [0.15, 0.2) is 39.4 Å². The summed E-state index contributed by atoms with van der Waals surface area (Å²) in [5.74, 6) is 1.96. The molecule has 4 nitrogen and oxygen atoms in total. The van der Waals surface area contributed by atoms with Gasteiger partial charge in [-0.1, -0.05) is 6.92 Å². The zero-order valence-electron chi connectivity index (χ0n) is 11.6. The van der Waals surface area contributed by atoms with E-state index < -0.39 is 6.10 Å². The smallest absolute Gasteiger partial charge is 0.145 e. The number of ether oxygens (including phenoxy) is 2. The minimum atomic E-state index is -0.541. The molecule has 6 heteroatoms. The quantitative estimate of drug-likeness (QED) is 0.756. The molecule has 0 amide bonds. The molecule has 0 bridgehead atoms. The summed E-state index contributed by atoms with van der Waals surface area (Å²) >= 11 is 6.86. The standard InChI is InChI=1S/C15H15Br2NO3/c1-3-13(19)12-5-4-9(8-18-12)21-15-7-10(16)14(20-2)6-11(15)17/h4-8,13,19H,3H2,1-2H3. The second kappa shape index (κ2) is 7.24. The molecule has 112 valence electrons. The number of aliphatic hydroxyl groups excluding tert-OH is 1. The first kappa shape index (κ1) is 16.3. The van der Waals surface area contributed by atoms with E-state index in [2.05, 4.69) is 36.8 Å². The maximum Gasteiger partial charge on any atom is 0.145 e. The fourth-order valence-corrected chi connectivity index (χ4v) is 2.62. The lowest BCUT2D eigenvalue weighted by Crippen LogP contribution is -1.98. The maximum atomic E-state index is 9.72. The van der Waals surface area contributed by atoms with Crippen LogP contribution in [0.5, 0.6) is 17.2 Å². The molecule has 0 spiro atoms. The van der Waals surface area contributed by atoms with E-state index in [1.807, 2.05) is 19.1 Å². The highest BCUT2D eigenvalue weighted by Crippen LogP contribution is 2.38. The highest BCUT2D eigenvalue weighted by Gasteiger charge is 2.10. The Labute approximate surface area is 140 Å². The van der Waals surface area contributed by atoms with Gasteiger partial charge in [0.05, 0.1) is 34.0 Å². The van der Waals surface area contributed by atoms with Gasteiger partial charge >= 0.3 is 0 Å². The monoisotopic (exact) mass is 415 g/mol. The van der Waals surface area contributed by atoms with Crippen LogP contribution in [0.1, 0.15) is 25.1 Å². The highest BCUT2D eigenvalue weighted by atomic mass is 79.9. The number of pyridine rings is 1. The van der Waals surface area contributed by atoms with Crippen molar-refractivity contribution in [3.05, 3.63) is 45.1 Å². The Bertz CT molecular complexity index is 617. The maximum absolute atomic E-state index is 9.72. The van der Waals surface area contributed by atoms with Crippen molar-refractivity contribution in [2.24, 2.45) is 0 Å². The van der Waals surface area contributed by atoms with Gasteiger partial charge in [0, 0.05) is 0 Å². The average Bonchev–Trinajstić information content (AvgIpc) is 2.50. The lowest BCUT2D eigenvalue weighted by Gasteiger charge is -2.12. The summed E-state index contributed by atoms with van der Waals surface area (Å²) in [4.78, 5) is 4.20. The number of aromatic nitrogens is 1. The number of methoxy groups -OCH3 is 1. The van der Waals surface area contributed by atoms with Gasteiger partial charge in [0.15, 0.2) is 0 Å². The van der Waals surface area contributed by atoms with E-state index in [-0.39, 0.29) is 0 Å². The summed E-state index contributed by atoms with van der Waals surface area (Å²) < 4.78 is 12.6. The molecule has 1 N–H and O–H groups in total. The lowest BCUT2D eigenvalue weighted by atomic mass is 10.2. The molecule has 0 saturated heterocycles. The lowest BCUT2D eigenvalue weighted by molar-refractivity contribution is 0.169. The molecular formula is C15H15Br2NO3. The van der Waals surface area contributed by atoms with Gasteiger partial charge < -0.3 is 14.6 Å². The zero-order valence-corrected chi connectivity index (χ0v) is 14.8. The van der Waals surface area contributed by atoms with Crippen LogP contribution < -0.4 is 9.47 Å². The van der Waals surface area contributed by atoms with Crippen LogP contribution in [0.25, 0.3) is 0 Å². The van der Waals surface area contributed by atoms with E-state index in [1.54, 1.807) is 25.4 Å². The largest absolute Gasteiger partial charge is 0.496 e. The Balaban J connectivity index is 2.20. The molecule has 1 aromatic heterocycles. The van der Waals surface area contributed by atoms with Crippen LogP contribution in [0.3, 0.4) is 0 Å². The summed E-state index contributed by atoms with van der Waals surface area (Å²) in [5.41, 5.74) is 0.639. The van der Waals surface area contributed by atoms with Gasteiger partial charge in [0.25, 0.3) is 0 Å². The molecule has 0 saturated carbocycles. The SMILES string of the molecule is CCC(O)c1ccc(Oc2cc(Br)c(OC)cc2Br)cn1. The minimum Gasteiger partial charge on any atom is -0.496 e. The van der Waals surface area contributed by atoms with E-state index >= 15 is 0 Å². The summed E-state index contributed by atoms with van der Waals surface area (Å²) in [6.07, 6.45) is 1.68. The van der Waals surface area contributed by atoms with Crippen molar-refractivity contribution in [1.82, 2.24) is 4.98 Å². The highest BCUT2D eigenvalue weighted by molar-refractivity contribution is 9.11. The molecule has 1 unspecified atom stereocenters. The Morgan fingerprint density at radius 2 is 1.86 bits per heavy atom. The van der Waals surface area contributed by atoms with Crippen molar-refractivity contribution in [3.63, 3.8) is 0 Å². The third-order valence-corrected chi connectivity index (χ3v) is 4.16. The summed E-state index contributed by atoms with van der Waals surface area (Å²) in [5, 5.41) is 9.72. The number of benzene rings is 1. The van der Waals surface area contributed by atoms with Crippen molar-refractivity contribution in [2.45, 2.75) is 19.4 Å². The van der Waals surface area contributed by atoms with Gasteiger partial charge in [-0.25, -0.2) is 0 Å². The third kappa shape index (κ3) is 3.96. The third-order valence-electron chi connectivity index (χ3n) is 2.92. The normalized spacial score (nSPS) is 12.0. The van der Waals surface area contributed by atoms with Crippen LogP contribution in [-0.2, 0) is 0 Å². The number of hydrogen-bond acceptors (Lipinski definition) is 4. The molecule has 0 aliphatic rings. The van der Waals surface area contributed by atoms with Gasteiger partial charge in [0.1, 0.15) is 17.2 Å². The van der Waals surface area contributed by atoms with Gasteiger partial charge in [0.2, 0.25) is 0 Å². The molecule has 21 heavy (non-hydrogen) atoms. The summed E-state index contributed by atoms with van der Waals surface area (Å²) in [6, 6.07) is 7.18. The van der Waals surface area contributed by atoms with E-state index in [0.29, 0.717) is 29.4 Å². The predicted octanol–water partition coefficient (Wildman–Crippen LogP) is 4.85. The molecule has 0 radical (unpaired) electrons. The number of nitrogens with zero attached hydrogens (tertiary/aromatic N) is 1. The number of rotatable bonds is 5. The van der Waals surface area contributed by atoms with Crippen LogP contribution >= 0.6 is 31.9 Å². The van der Waals surface area contributed by atoms with Crippen molar-refractivity contribution < 1.29 is 14.6 Å². The number of aliphatic hydroxyl groups is 1. The van der Waals surface area contributed by atoms with E-state index in [9.17, 15) is 5.11 Å². The topological polar surface area (TPSA) is 51.6 Å². The van der Waals surface area contributed by atoms with Crippen LogP contribution in [0.2, 0.25) is 0 Å². The van der Waals surface area contributed by atoms with Gasteiger partial charge in [-0.2, -0.15) is 0 Å².